The SMILES string of the molecule is CC(=O)OC1CC(O)CCC(CN=C(N)NC2CCCCC2)(C(C)O)C#CC2CCCC3CC(CCN3)Oc3cc(ccc3O)CC21. The Hall–Kier alpha value is -3.00. The highest BCUT2D eigenvalue weighted by Gasteiger charge is 2.39. The number of carbonyl (C=O) groups is 1. The number of aliphatic hydroxyl groups is 2. The van der Waals surface area contributed by atoms with Gasteiger partial charge in [0.15, 0.2) is 17.5 Å². The van der Waals surface area contributed by atoms with Crippen LogP contribution in [0, 0.1) is 29.1 Å². The average molecular weight is 653 g/mol. The second-order valence-corrected chi connectivity index (χ2v) is 14.5. The Morgan fingerprint density at radius 2 is 1.98 bits per heavy atom. The maximum atomic E-state index is 12.4. The number of carbonyl (C=O) groups excluding carboxylic acids is 1. The van der Waals surface area contributed by atoms with Crippen molar-refractivity contribution in [1.82, 2.24) is 10.6 Å². The van der Waals surface area contributed by atoms with E-state index in [0.29, 0.717) is 37.0 Å². The minimum atomic E-state index is -0.905. The van der Waals surface area contributed by atoms with Crippen LogP contribution in [0.2, 0.25) is 0 Å². The standard InChI is InChI=1S/C37H56N4O6/c1-24(42)37(23-40-36(38)41-28-8-4-3-5-9-28)16-13-27-7-6-10-29-21-31(15-18-39-29)47-35-20-26(11-12-33(35)45)19-32(27)34(46-25(2)43)22-30(44)14-17-37/h11-12,20,24,27-32,34,39,42,44-45H,3-10,14-15,17-19,21-23H2,1-2H3,(H3,38,40,41). The molecule has 1 saturated carbocycles. The quantitative estimate of drug-likeness (QED) is 0.120. The monoisotopic (exact) mass is 652 g/mol. The summed E-state index contributed by atoms with van der Waals surface area (Å²) in [6.45, 7) is 4.23. The number of ether oxygens (including phenoxy) is 2. The van der Waals surface area contributed by atoms with Gasteiger partial charge in [-0.3, -0.25) is 9.79 Å². The number of nitrogens with one attached hydrogen (secondary N) is 2. The van der Waals surface area contributed by atoms with Gasteiger partial charge in [-0.05, 0) is 89.0 Å². The Balaban J connectivity index is 1.52. The van der Waals surface area contributed by atoms with Crippen LogP contribution in [0.3, 0.4) is 0 Å². The minimum absolute atomic E-state index is 0.0137. The highest BCUT2D eigenvalue weighted by molar-refractivity contribution is 5.78. The van der Waals surface area contributed by atoms with Crippen LogP contribution >= 0.6 is 0 Å². The van der Waals surface area contributed by atoms with Gasteiger partial charge in [0.05, 0.1) is 24.2 Å². The van der Waals surface area contributed by atoms with E-state index in [0.717, 1.165) is 57.1 Å². The Morgan fingerprint density at radius 3 is 2.74 bits per heavy atom. The zero-order valence-electron chi connectivity index (χ0n) is 28.3. The van der Waals surface area contributed by atoms with Gasteiger partial charge in [0, 0.05) is 37.3 Å². The number of fused-ring (bicyclic) bond motifs is 5. The van der Waals surface area contributed by atoms with E-state index in [1.54, 1.807) is 13.0 Å². The summed E-state index contributed by atoms with van der Waals surface area (Å²) in [5.74, 6) is 7.24. The van der Waals surface area contributed by atoms with E-state index in [1.165, 1.54) is 26.2 Å². The van der Waals surface area contributed by atoms with E-state index in [9.17, 15) is 20.1 Å². The van der Waals surface area contributed by atoms with Crippen molar-refractivity contribution in [2.24, 2.45) is 28.0 Å². The number of phenols is 1. The van der Waals surface area contributed by atoms with E-state index in [4.69, 9.17) is 20.2 Å². The molecular weight excluding hydrogens is 596 g/mol. The molecule has 8 unspecified atom stereocenters. The molecule has 8 atom stereocenters. The molecule has 47 heavy (non-hydrogen) atoms. The first kappa shape index (κ1) is 35.3. The molecule has 0 aromatic heterocycles. The maximum absolute atomic E-state index is 12.4. The summed E-state index contributed by atoms with van der Waals surface area (Å²) in [5, 5.41) is 40.3. The molecule has 1 aromatic rings. The number of aromatic hydroxyl groups is 1. The number of rotatable bonds is 5. The highest BCUT2D eigenvalue weighted by Crippen LogP contribution is 2.38. The van der Waals surface area contributed by atoms with Gasteiger partial charge in [-0.15, -0.1) is 0 Å². The smallest absolute Gasteiger partial charge is 0.302 e. The molecule has 2 aliphatic carbocycles. The third-order valence-corrected chi connectivity index (χ3v) is 10.8. The van der Waals surface area contributed by atoms with Crippen LogP contribution in [-0.2, 0) is 16.0 Å². The van der Waals surface area contributed by atoms with Gasteiger partial charge < -0.3 is 41.2 Å². The summed E-state index contributed by atoms with van der Waals surface area (Å²) in [4.78, 5) is 17.2. The Morgan fingerprint density at radius 1 is 1.17 bits per heavy atom. The van der Waals surface area contributed by atoms with E-state index in [2.05, 4.69) is 22.5 Å². The van der Waals surface area contributed by atoms with Crippen LogP contribution in [0.15, 0.2) is 23.2 Å². The van der Waals surface area contributed by atoms with Gasteiger partial charge in [0.2, 0.25) is 0 Å². The molecule has 2 fully saturated rings. The predicted molar refractivity (Wildman–Crippen MR) is 182 cm³/mol. The number of hydrogen-bond acceptors (Lipinski definition) is 8. The third-order valence-electron chi connectivity index (χ3n) is 10.8. The molecule has 260 valence electrons. The first-order valence-electron chi connectivity index (χ1n) is 17.9. The number of nitrogens with two attached hydrogens (primary N) is 1. The van der Waals surface area contributed by atoms with Gasteiger partial charge in [-0.2, -0.15) is 0 Å². The van der Waals surface area contributed by atoms with Crippen LogP contribution in [-0.4, -0.2) is 76.8 Å². The van der Waals surface area contributed by atoms with Crippen molar-refractivity contribution in [2.75, 3.05) is 13.1 Å². The fourth-order valence-electron chi connectivity index (χ4n) is 7.96. The molecule has 0 radical (unpaired) electrons. The van der Waals surface area contributed by atoms with Crippen molar-refractivity contribution < 1.29 is 29.6 Å². The van der Waals surface area contributed by atoms with Gasteiger partial charge in [0.25, 0.3) is 0 Å². The number of aliphatic imine (C=N–C) groups is 1. The lowest BCUT2D eigenvalue weighted by Gasteiger charge is -2.36. The number of guanidine groups is 1. The zero-order valence-corrected chi connectivity index (χ0v) is 28.3. The minimum Gasteiger partial charge on any atom is -0.504 e. The lowest BCUT2D eigenvalue weighted by Crippen LogP contribution is -2.43. The first-order chi connectivity index (χ1) is 22.6. The van der Waals surface area contributed by atoms with Crippen LogP contribution < -0.4 is 21.1 Å². The molecule has 10 nitrogen and oxygen atoms in total. The number of piperidine rings is 1. The van der Waals surface area contributed by atoms with Gasteiger partial charge in [-0.1, -0.05) is 43.6 Å². The van der Waals surface area contributed by atoms with E-state index in [-0.39, 0.29) is 42.7 Å². The topological polar surface area (TPSA) is 159 Å². The molecule has 2 aliphatic heterocycles. The zero-order chi connectivity index (χ0) is 33.4. The van der Waals surface area contributed by atoms with Crippen LogP contribution in [0.25, 0.3) is 0 Å². The van der Waals surface area contributed by atoms with E-state index >= 15 is 0 Å². The molecule has 1 aromatic carbocycles. The molecule has 0 spiro atoms. The van der Waals surface area contributed by atoms with Crippen LogP contribution in [0.5, 0.6) is 11.5 Å². The highest BCUT2D eigenvalue weighted by atomic mass is 16.5. The number of benzene rings is 1. The number of hydrogen-bond donors (Lipinski definition) is 6. The van der Waals surface area contributed by atoms with Gasteiger partial charge >= 0.3 is 5.97 Å². The summed E-state index contributed by atoms with van der Waals surface area (Å²) in [5.41, 5.74) is 6.41. The third kappa shape index (κ3) is 9.77. The number of nitrogens with zero attached hydrogens (tertiary/aromatic N) is 1. The fraction of sp³-hybridized carbons (Fsp3) is 0.730. The fourth-order valence-corrected chi connectivity index (χ4v) is 7.96. The van der Waals surface area contributed by atoms with Crippen molar-refractivity contribution in [3.8, 4) is 23.3 Å². The van der Waals surface area contributed by atoms with Gasteiger partial charge in [0.1, 0.15) is 12.2 Å². The summed E-state index contributed by atoms with van der Waals surface area (Å²) < 4.78 is 12.3. The van der Waals surface area contributed by atoms with E-state index < -0.39 is 29.7 Å². The molecule has 4 aliphatic rings. The largest absolute Gasteiger partial charge is 0.504 e. The predicted octanol–water partition coefficient (Wildman–Crippen LogP) is 3.93. The molecule has 5 rings (SSSR count). The second-order valence-electron chi connectivity index (χ2n) is 14.5. The lowest BCUT2D eigenvalue weighted by molar-refractivity contribution is -0.152. The lowest BCUT2D eigenvalue weighted by atomic mass is 9.73. The van der Waals surface area contributed by atoms with Crippen LogP contribution in [0.4, 0.5) is 0 Å². The molecule has 7 N–H and O–H groups in total. The summed E-state index contributed by atoms with van der Waals surface area (Å²) >= 11 is 0. The van der Waals surface area contributed by atoms with Crippen molar-refractivity contribution >= 4 is 11.9 Å². The molecule has 1 saturated heterocycles. The molecule has 10 heteroatoms. The average Bonchev–Trinajstić information content (AvgIpc) is 3.04. The summed E-state index contributed by atoms with van der Waals surface area (Å²) in [6, 6.07) is 6.04. The number of esters is 1. The first-order valence-corrected chi connectivity index (χ1v) is 17.9. The molecule has 0 amide bonds. The Bertz CT molecular complexity index is 1290. The van der Waals surface area contributed by atoms with E-state index in [1.807, 2.05) is 12.1 Å². The molecule has 2 heterocycles. The van der Waals surface area contributed by atoms with Crippen molar-refractivity contribution in [3.05, 3.63) is 23.8 Å². The van der Waals surface area contributed by atoms with Crippen molar-refractivity contribution in [1.29, 1.82) is 0 Å². The number of aliphatic hydroxyl groups excluding tert-OH is 2. The maximum Gasteiger partial charge on any atom is 0.302 e. The Kier molecular flexibility index (Phi) is 12.3. The normalized spacial score (nSPS) is 33.1. The Labute approximate surface area is 280 Å². The van der Waals surface area contributed by atoms with Crippen LogP contribution in [0.1, 0.15) is 103 Å². The molecular formula is C37H56N4O6. The van der Waals surface area contributed by atoms with Gasteiger partial charge in [-0.25, -0.2) is 0 Å². The second kappa shape index (κ2) is 16.4. The molecule has 4 bridgehead atoms. The number of phenolic OH excluding ortho intramolecular Hbond substituents is 1. The summed E-state index contributed by atoms with van der Waals surface area (Å²) in [7, 11) is 0. The summed E-state index contributed by atoms with van der Waals surface area (Å²) in [6.07, 6.45) is 9.52. The van der Waals surface area contributed by atoms with Crippen molar-refractivity contribution in [2.45, 2.75) is 140 Å². The van der Waals surface area contributed by atoms with Crippen molar-refractivity contribution in [3.63, 3.8) is 0 Å².